The molecular formula is C14H11N3O3S. The van der Waals surface area contributed by atoms with Gasteiger partial charge in [-0.25, -0.2) is 14.8 Å². The molecule has 2 N–H and O–H groups in total. The number of esters is 1. The molecular weight excluding hydrogens is 290 g/mol. The van der Waals surface area contributed by atoms with Crippen molar-refractivity contribution in [2.75, 3.05) is 12.8 Å². The Bertz CT molecular complexity index is 816. The van der Waals surface area contributed by atoms with Crippen LogP contribution in [0.2, 0.25) is 0 Å². The van der Waals surface area contributed by atoms with Crippen LogP contribution in [0.15, 0.2) is 51.2 Å². The maximum absolute atomic E-state index is 11.7. The van der Waals surface area contributed by atoms with Crippen LogP contribution < -0.4 is 5.73 Å². The summed E-state index contributed by atoms with van der Waals surface area (Å²) in [6, 6.07) is 8.53. The summed E-state index contributed by atoms with van der Waals surface area (Å²) in [7, 11) is 1.33. The second kappa shape index (κ2) is 5.45. The summed E-state index contributed by atoms with van der Waals surface area (Å²) in [5.74, 6) is -0.453. The predicted molar refractivity (Wildman–Crippen MR) is 78.1 cm³/mol. The molecule has 0 aliphatic rings. The minimum atomic E-state index is -0.453. The molecule has 21 heavy (non-hydrogen) atoms. The van der Waals surface area contributed by atoms with E-state index >= 15 is 0 Å². The monoisotopic (exact) mass is 301 g/mol. The molecule has 6 nitrogen and oxygen atoms in total. The van der Waals surface area contributed by atoms with Crippen molar-refractivity contribution in [1.82, 2.24) is 9.97 Å². The topological polar surface area (TPSA) is 91.2 Å². The number of anilines is 1. The van der Waals surface area contributed by atoms with E-state index in [1.54, 1.807) is 36.5 Å². The summed E-state index contributed by atoms with van der Waals surface area (Å²) in [5, 5.41) is 0.864. The Morgan fingerprint density at radius 1 is 1.38 bits per heavy atom. The van der Waals surface area contributed by atoms with Crippen molar-refractivity contribution in [2.45, 2.75) is 10.2 Å². The van der Waals surface area contributed by atoms with E-state index in [2.05, 4.69) is 9.97 Å². The van der Waals surface area contributed by atoms with Crippen LogP contribution in [-0.4, -0.2) is 23.0 Å². The Morgan fingerprint density at radius 2 is 2.24 bits per heavy atom. The minimum absolute atomic E-state index is 0.367. The fraction of sp³-hybridized carbons (Fsp3) is 0.0714. The molecule has 0 aliphatic heterocycles. The van der Waals surface area contributed by atoms with E-state index in [0.717, 1.165) is 11.8 Å². The van der Waals surface area contributed by atoms with Crippen LogP contribution in [0.4, 0.5) is 5.69 Å². The van der Waals surface area contributed by atoms with Crippen molar-refractivity contribution in [1.29, 1.82) is 0 Å². The van der Waals surface area contributed by atoms with Crippen LogP contribution in [0, 0.1) is 0 Å². The highest BCUT2D eigenvalue weighted by molar-refractivity contribution is 7.99. The average Bonchev–Trinajstić information content (AvgIpc) is 2.88. The molecule has 0 radical (unpaired) electrons. The lowest BCUT2D eigenvalue weighted by Gasteiger charge is -2.03. The molecule has 0 amide bonds. The van der Waals surface area contributed by atoms with Crippen molar-refractivity contribution in [3.8, 4) is 0 Å². The van der Waals surface area contributed by atoms with Gasteiger partial charge in [-0.15, -0.1) is 0 Å². The van der Waals surface area contributed by atoms with Gasteiger partial charge < -0.3 is 14.9 Å². The smallest absolute Gasteiger partial charge is 0.340 e. The molecule has 1 aromatic carbocycles. The van der Waals surface area contributed by atoms with Gasteiger partial charge in [-0.1, -0.05) is 0 Å². The van der Waals surface area contributed by atoms with Gasteiger partial charge in [0.25, 0.3) is 5.22 Å². The van der Waals surface area contributed by atoms with E-state index in [4.69, 9.17) is 14.9 Å². The molecule has 0 atom stereocenters. The number of nitrogen functional groups attached to an aromatic ring is 1. The highest BCUT2D eigenvalue weighted by Crippen LogP contribution is 2.31. The van der Waals surface area contributed by atoms with Gasteiger partial charge in [0.1, 0.15) is 10.5 Å². The van der Waals surface area contributed by atoms with Gasteiger partial charge in [0.15, 0.2) is 5.58 Å². The number of nitrogens with two attached hydrogens (primary N) is 1. The number of fused-ring (bicyclic) bond motifs is 1. The normalized spacial score (nSPS) is 10.7. The standard InChI is InChI=1S/C14H11N3O3S/c1-19-13(18)9-3-2-6-16-12(9)21-14-17-10-7-8(15)4-5-11(10)20-14/h2-7H,15H2,1H3. The lowest BCUT2D eigenvalue weighted by molar-refractivity contribution is 0.0596. The number of hydrogen-bond acceptors (Lipinski definition) is 7. The molecule has 0 saturated carbocycles. The Labute approximate surface area is 124 Å². The number of carbonyl (C=O) groups is 1. The highest BCUT2D eigenvalue weighted by atomic mass is 32.2. The Hall–Kier alpha value is -2.54. The third-order valence-electron chi connectivity index (χ3n) is 2.75. The van der Waals surface area contributed by atoms with Gasteiger partial charge in [-0.05, 0) is 42.1 Å². The number of oxazole rings is 1. The maximum atomic E-state index is 11.7. The number of methoxy groups -OCH3 is 1. The second-order valence-electron chi connectivity index (χ2n) is 4.16. The maximum Gasteiger partial charge on any atom is 0.340 e. The van der Waals surface area contributed by atoms with E-state index in [1.807, 2.05) is 0 Å². The SMILES string of the molecule is COC(=O)c1cccnc1Sc1nc2cc(N)ccc2o1. The third kappa shape index (κ3) is 2.68. The second-order valence-corrected chi connectivity index (χ2v) is 5.10. The van der Waals surface area contributed by atoms with Gasteiger partial charge in [0.2, 0.25) is 0 Å². The first-order valence-corrected chi connectivity index (χ1v) is 6.86. The number of rotatable bonds is 3. The molecule has 2 heterocycles. The fourth-order valence-electron chi connectivity index (χ4n) is 1.79. The molecule has 0 spiro atoms. The minimum Gasteiger partial charge on any atom is -0.465 e. The van der Waals surface area contributed by atoms with Gasteiger partial charge in [0, 0.05) is 11.9 Å². The summed E-state index contributed by atoms with van der Waals surface area (Å²) in [6.07, 6.45) is 1.59. The number of aromatic nitrogens is 2. The lowest BCUT2D eigenvalue weighted by Crippen LogP contribution is -2.03. The van der Waals surface area contributed by atoms with E-state index in [9.17, 15) is 4.79 Å². The summed E-state index contributed by atoms with van der Waals surface area (Å²) in [5.41, 5.74) is 7.97. The van der Waals surface area contributed by atoms with Crippen LogP contribution in [0.1, 0.15) is 10.4 Å². The number of pyridine rings is 1. The van der Waals surface area contributed by atoms with Crippen LogP contribution in [0.25, 0.3) is 11.1 Å². The van der Waals surface area contributed by atoms with Crippen LogP contribution in [0.3, 0.4) is 0 Å². The molecule has 2 aromatic heterocycles. The zero-order valence-electron chi connectivity index (χ0n) is 11.1. The summed E-state index contributed by atoms with van der Waals surface area (Å²) in [4.78, 5) is 20.2. The predicted octanol–water partition coefficient (Wildman–Crippen LogP) is 2.74. The van der Waals surface area contributed by atoms with Crippen molar-refractivity contribution in [3.05, 3.63) is 42.1 Å². The molecule has 0 unspecified atom stereocenters. The lowest BCUT2D eigenvalue weighted by atomic mass is 10.3. The Kier molecular flexibility index (Phi) is 3.49. The Balaban J connectivity index is 1.97. The van der Waals surface area contributed by atoms with Gasteiger partial charge in [-0.2, -0.15) is 0 Å². The number of ether oxygens (including phenoxy) is 1. The quantitative estimate of drug-likeness (QED) is 0.587. The average molecular weight is 301 g/mol. The zero-order valence-corrected chi connectivity index (χ0v) is 11.9. The fourth-order valence-corrected chi connectivity index (χ4v) is 2.60. The van der Waals surface area contributed by atoms with E-state index in [-0.39, 0.29) is 0 Å². The summed E-state index contributed by atoms with van der Waals surface area (Å²) < 4.78 is 10.3. The molecule has 0 fully saturated rings. The molecule has 3 aromatic rings. The Morgan fingerprint density at radius 3 is 3.05 bits per heavy atom. The number of hydrogen-bond donors (Lipinski definition) is 1. The third-order valence-corrected chi connectivity index (χ3v) is 3.62. The number of carbonyl (C=O) groups excluding carboxylic acids is 1. The number of benzene rings is 1. The first-order valence-electron chi connectivity index (χ1n) is 6.04. The van der Waals surface area contributed by atoms with Crippen molar-refractivity contribution < 1.29 is 13.9 Å². The van der Waals surface area contributed by atoms with E-state index < -0.39 is 5.97 Å². The molecule has 3 rings (SSSR count). The van der Waals surface area contributed by atoms with Gasteiger partial charge in [-0.3, -0.25) is 0 Å². The molecule has 7 heteroatoms. The zero-order chi connectivity index (χ0) is 14.8. The van der Waals surface area contributed by atoms with Gasteiger partial charge >= 0.3 is 5.97 Å². The van der Waals surface area contributed by atoms with Crippen molar-refractivity contribution >= 4 is 34.5 Å². The van der Waals surface area contributed by atoms with Crippen LogP contribution in [0.5, 0.6) is 0 Å². The van der Waals surface area contributed by atoms with Crippen molar-refractivity contribution in [3.63, 3.8) is 0 Å². The van der Waals surface area contributed by atoms with Gasteiger partial charge in [0.05, 0.1) is 12.7 Å². The molecule has 0 aliphatic carbocycles. The summed E-state index contributed by atoms with van der Waals surface area (Å²) in [6.45, 7) is 0. The summed E-state index contributed by atoms with van der Waals surface area (Å²) >= 11 is 1.16. The van der Waals surface area contributed by atoms with Crippen molar-refractivity contribution in [2.24, 2.45) is 0 Å². The van der Waals surface area contributed by atoms with Crippen LogP contribution >= 0.6 is 11.8 Å². The first kappa shape index (κ1) is 13.4. The molecule has 0 saturated heterocycles. The van der Waals surface area contributed by atoms with E-state index in [1.165, 1.54) is 7.11 Å². The number of nitrogens with zero attached hydrogens (tertiary/aromatic N) is 2. The van der Waals surface area contributed by atoms with Crippen LogP contribution in [-0.2, 0) is 4.74 Å². The first-order chi connectivity index (χ1) is 10.2. The molecule has 0 bridgehead atoms. The highest BCUT2D eigenvalue weighted by Gasteiger charge is 2.16. The largest absolute Gasteiger partial charge is 0.465 e. The molecule has 106 valence electrons. The van der Waals surface area contributed by atoms with E-state index in [0.29, 0.717) is 32.6 Å².